The Balaban J connectivity index is 2.70. The molecule has 0 aliphatic carbocycles. The summed E-state index contributed by atoms with van der Waals surface area (Å²) in [6, 6.07) is 9.01. The summed E-state index contributed by atoms with van der Waals surface area (Å²) in [4.78, 5) is 23.6. The lowest BCUT2D eigenvalue weighted by molar-refractivity contribution is -0.151. The van der Waals surface area contributed by atoms with Crippen LogP contribution in [-0.4, -0.2) is 41.5 Å². The van der Waals surface area contributed by atoms with Crippen molar-refractivity contribution >= 4 is 12.1 Å². The Kier molecular flexibility index (Phi) is 8.58. The van der Waals surface area contributed by atoms with Gasteiger partial charge in [0.05, 0.1) is 12.6 Å². The van der Waals surface area contributed by atoms with Gasteiger partial charge in [0.15, 0.2) is 6.10 Å². The average molecular weight is 365 g/mol. The number of carboxylic acid groups (broad SMARTS) is 1. The molecule has 146 valence electrons. The van der Waals surface area contributed by atoms with Gasteiger partial charge in [0, 0.05) is 6.42 Å². The fraction of sp³-hybridized carbons (Fsp3) is 0.600. The van der Waals surface area contributed by atoms with E-state index in [0.29, 0.717) is 0 Å². The molecule has 0 heterocycles. The molecule has 6 nitrogen and oxygen atoms in total. The molecule has 0 aliphatic rings. The highest BCUT2D eigenvalue weighted by atomic mass is 16.6. The van der Waals surface area contributed by atoms with Gasteiger partial charge in [-0.05, 0) is 32.3 Å². The van der Waals surface area contributed by atoms with Crippen LogP contribution in [0.4, 0.5) is 4.79 Å². The van der Waals surface area contributed by atoms with Gasteiger partial charge in [0.25, 0.3) is 0 Å². The zero-order chi connectivity index (χ0) is 19.7. The Labute approximate surface area is 155 Å². The van der Waals surface area contributed by atoms with Gasteiger partial charge >= 0.3 is 12.1 Å². The standard InChI is InChI=1S/C20H31NO5/c1-6-14(2)16(21-19(24)26-20(3,4)5)13-25-17(18(22)23)12-15-10-8-7-9-11-15/h7-11,14,16-17H,6,12-13H2,1-5H3,(H,21,24)(H,22,23)/t14-,16?,17-/m0/s1. The van der Waals surface area contributed by atoms with Gasteiger partial charge in [-0.25, -0.2) is 9.59 Å². The van der Waals surface area contributed by atoms with Crippen molar-refractivity contribution in [2.75, 3.05) is 6.61 Å². The Bertz CT molecular complexity index is 567. The molecule has 26 heavy (non-hydrogen) atoms. The van der Waals surface area contributed by atoms with Gasteiger partial charge in [-0.15, -0.1) is 0 Å². The van der Waals surface area contributed by atoms with Crippen LogP contribution in [0.2, 0.25) is 0 Å². The Morgan fingerprint density at radius 3 is 2.31 bits per heavy atom. The second-order valence-electron chi connectivity index (χ2n) is 7.49. The van der Waals surface area contributed by atoms with Crippen LogP contribution < -0.4 is 5.32 Å². The minimum atomic E-state index is -1.02. The number of nitrogens with one attached hydrogen (secondary N) is 1. The van der Waals surface area contributed by atoms with Gasteiger partial charge in [-0.3, -0.25) is 0 Å². The summed E-state index contributed by atoms with van der Waals surface area (Å²) in [6.45, 7) is 9.48. The summed E-state index contributed by atoms with van der Waals surface area (Å²) in [5.74, 6) is -0.900. The first kappa shape index (κ1) is 22.0. The Morgan fingerprint density at radius 2 is 1.81 bits per heavy atom. The number of aliphatic carboxylic acids is 1. The number of carbonyl (C=O) groups is 2. The van der Waals surface area contributed by atoms with E-state index in [1.54, 1.807) is 20.8 Å². The molecule has 0 spiro atoms. The lowest BCUT2D eigenvalue weighted by atomic mass is 10.00. The smallest absolute Gasteiger partial charge is 0.407 e. The molecule has 0 radical (unpaired) electrons. The summed E-state index contributed by atoms with van der Waals surface area (Å²) in [6.07, 6.45) is -0.401. The molecule has 1 aromatic rings. The summed E-state index contributed by atoms with van der Waals surface area (Å²) < 4.78 is 10.9. The van der Waals surface area contributed by atoms with E-state index in [4.69, 9.17) is 9.47 Å². The van der Waals surface area contributed by atoms with Crippen molar-refractivity contribution in [3.63, 3.8) is 0 Å². The van der Waals surface area contributed by atoms with E-state index in [1.165, 1.54) is 0 Å². The van der Waals surface area contributed by atoms with Gasteiger partial charge in [0.2, 0.25) is 0 Å². The molecule has 0 aromatic heterocycles. The summed E-state index contributed by atoms with van der Waals surface area (Å²) >= 11 is 0. The number of alkyl carbamates (subject to hydrolysis) is 1. The number of carboxylic acids is 1. The molecule has 3 atom stereocenters. The molecule has 0 aliphatic heterocycles. The van der Waals surface area contributed by atoms with E-state index >= 15 is 0 Å². The molecule has 0 bridgehead atoms. The number of amides is 1. The largest absolute Gasteiger partial charge is 0.479 e. The second-order valence-corrected chi connectivity index (χ2v) is 7.49. The first-order valence-electron chi connectivity index (χ1n) is 9.00. The molecular formula is C20H31NO5. The van der Waals surface area contributed by atoms with Crippen molar-refractivity contribution in [1.29, 1.82) is 0 Å². The van der Waals surface area contributed by atoms with Crippen LogP contribution in [0.25, 0.3) is 0 Å². The topological polar surface area (TPSA) is 84.9 Å². The predicted octanol–water partition coefficient (Wildman–Crippen LogP) is 3.64. The molecule has 1 aromatic carbocycles. The fourth-order valence-electron chi connectivity index (χ4n) is 2.36. The zero-order valence-corrected chi connectivity index (χ0v) is 16.3. The zero-order valence-electron chi connectivity index (χ0n) is 16.3. The highest BCUT2D eigenvalue weighted by Crippen LogP contribution is 2.13. The lowest BCUT2D eigenvalue weighted by Crippen LogP contribution is -2.46. The van der Waals surface area contributed by atoms with Gasteiger partial charge in [-0.2, -0.15) is 0 Å². The first-order chi connectivity index (χ1) is 12.1. The maximum Gasteiger partial charge on any atom is 0.407 e. The summed E-state index contributed by atoms with van der Waals surface area (Å²) in [5.41, 5.74) is 0.294. The van der Waals surface area contributed by atoms with E-state index < -0.39 is 23.8 Å². The van der Waals surface area contributed by atoms with E-state index in [0.717, 1.165) is 12.0 Å². The Morgan fingerprint density at radius 1 is 1.19 bits per heavy atom. The third-order valence-corrected chi connectivity index (χ3v) is 4.05. The van der Waals surface area contributed by atoms with Crippen LogP contribution in [-0.2, 0) is 20.7 Å². The SMILES string of the molecule is CC[C@H](C)C(CO[C@@H](Cc1ccccc1)C(=O)O)NC(=O)OC(C)(C)C. The third kappa shape index (κ3) is 8.34. The van der Waals surface area contributed by atoms with E-state index in [1.807, 2.05) is 44.2 Å². The van der Waals surface area contributed by atoms with Gasteiger partial charge in [-0.1, -0.05) is 50.6 Å². The van der Waals surface area contributed by atoms with Crippen molar-refractivity contribution in [1.82, 2.24) is 5.32 Å². The van der Waals surface area contributed by atoms with E-state index in [2.05, 4.69) is 5.32 Å². The number of hydrogen-bond donors (Lipinski definition) is 2. The lowest BCUT2D eigenvalue weighted by Gasteiger charge is -2.27. The van der Waals surface area contributed by atoms with Crippen LogP contribution in [0.1, 0.15) is 46.6 Å². The molecule has 2 N–H and O–H groups in total. The summed E-state index contributed by atoms with van der Waals surface area (Å²) in [5, 5.41) is 12.2. The second kappa shape index (κ2) is 10.2. The monoisotopic (exact) mass is 365 g/mol. The van der Waals surface area contributed by atoms with Crippen molar-refractivity contribution in [2.24, 2.45) is 5.92 Å². The maximum absolute atomic E-state index is 12.1. The molecule has 1 rings (SSSR count). The van der Waals surface area contributed by atoms with Crippen molar-refractivity contribution in [3.05, 3.63) is 35.9 Å². The first-order valence-corrected chi connectivity index (χ1v) is 9.00. The molecule has 6 heteroatoms. The van der Waals surface area contributed by atoms with Crippen LogP contribution in [0.5, 0.6) is 0 Å². The normalized spacial score (nSPS) is 15.0. The van der Waals surface area contributed by atoms with Gasteiger partial charge in [0.1, 0.15) is 5.60 Å². The Hall–Kier alpha value is -2.08. The predicted molar refractivity (Wildman–Crippen MR) is 100 cm³/mol. The maximum atomic E-state index is 12.1. The number of rotatable bonds is 9. The van der Waals surface area contributed by atoms with E-state index in [9.17, 15) is 14.7 Å². The molecule has 0 fully saturated rings. The number of ether oxygens (including phenoxy) is 2. The van der Waals surface area contributed by atoms with E-state index in [-0.39, 0.29) is 25.0 Å². The molecule has 1 amide bonds. The van der Waals surface area contributed by atoms with Crippen molar-refractivity contribution in [2.45, 2.75) is 65.2 Å². The fourth-order valence-corrected chi connectivity index (χ4v) is 2.36. The average Bonchev–Trinajstić information content (AvgIpc) is 2.55. The molecule has 0 saturated carbocycles. The molecular weight excluding hydrogens is 334 g/mol. The highest BCUT2D eigenvalue weighted by molar-refractivity contribution is 5.72. The molecule has 0 saturated heterocycles. The van der Waals surface area contributed by atoms with Crippen molar-refractivity contribution < 1.29 is 24.2 Å². The van der Waals surface area contributed by atoms with Crippen LogP contribution in [0.3, 0.4) is 0 Å². The van der Waals surface area contributed by atoms with Crippen LogP contribution >= 0.6 is 0 Å². The number of carbonyl (C=O) groups excluding carboxylic acids is 1. The van der Waals surface area contributed by atoms with Gasteiger partial charge < -0.3 is 19.9 Å². The molecule has 1 unspecified atom stereocenters. The third-order valence-electron chi connectivity index (χ3n) is 4.05. The highest BCUT2D eigenvalue weighted by Gasteiger charge is 2.26. The number of hydrogen-bond acceptors (Lipinski definition) is 4. The minimum absolute atomic E-state index is 0.109. The van der Waals surface area contributed by atoms with Crippen LogP contribution in [0.15, 0.2) is 30.3 Å². The number of benzene rings is 1. The summed E-state index contributed by atoms with van der Waals surface area (Å²) in [7, 11) is 0. The van der Waals surface area contributed by atoms with Crippen LogP contribution in [0, 0.1) is 5.92 Å². The minimum Gasteiger partial charge on any atom is -0.479 e. The van der Waals surface area contributed by atoms with Crippen molar-refractivity contribution in [3.8, 4) is 0 Å². The quantitative estimate of drug-likeness (QED) is 0.698.